The Kier molecular flexibility index (Phi) is 3.52. The fraction of sp³-hybridized carbons (Fsp3) is 0.154. The maximum absolute atomic E-state index is 11.8. The molecule has 1 heterocycles. The van der Waals surface area contributed by atoms with Crippen LogP contribution >= 0.6 is 0 Å². The number of hydrogen-bond donors (Lipinski definition) is 1. The molecular weight excluding hydrogens is 228 g/mol. The number of imidazole rings is 1. The van der Waals surface area contributed by atoms with E-state index in [9.17, 15) is 4.79 Å². The molecule has 5 heteroatoms. The van der Waals surface area contributed by atoms with E-state index in [0.717, 1.165) is 5.56 Å². The largest absolute Gasteiger partial charge is 0.333 e. The van der Waals surface area contributed by atoms with Gasteiger partial charge in [0.15, 0.2) is 5.82 Å². The van der Waals surface area contributed by atoms with Crippen molar-refractivity contribution in [2.45, 2.75) is 6.92 Å². The van der Waals surface area contributed by atoms with Gasteiger partial charge in [0.1, 0.15) is 0 Å². The quantitative estimate of drug-likeness (QED) is 0.655. The van der Waals surface area contributed by atoms with Gasteiger partial charge in [0.05, 0.1) is 6.21 Å². The molecule has 0 aliphatic rings. The minimum absolute atomic E-state index is 0.232. The normalized spacial score (nSPS) is 10.8. The smallest absolute Gasteiger partial charge is 0.271 e. The summed E-state index contributed by atoms with van der Waals surface area (Å²) in [4.78, 5) is 15.8. The van der Waals surface area contributed by atoms with Crippen molar-refractivity contribution in [3.63, 3.8) is 0 Å². The Hall–Kier alpha value is -2.43. The molecule has 92 valence electrons. The molecule has 0 saturated heterocycles. The van der Waals surface area contributed by atoms with E-state index in [0.29, 0.717) is 11.4 Å². The van der Waals surface area contributed by atoms with Gasteiger partial charge in [-0.05, 0) is 19.1 Å². The highest BCUT2D eigenvalue weighted by Gasteiger charge is 2.03. The van der Waals surface area contributed by atoms with Crippen LogP contribution in [-0.2, 0) is 7.05 Å². The molecule has 0 saturated carbocycles. The van der Waals surface area contributed by atoms with Crippen LogP contribution < -0.4 is 5.43 Å². The third kappa shape index (κ3) is 2.82. The van der Waals surface area contributed by atoms with Crippen LogP contribution in [0.15, 0.2) is 41.8 Å². The summed E-state index contributed by atoms with van der Waals surface area (Å²) in [6.07, 6.45) is 4.99. The highest BCUT2D eigenvalue weighted by molar-refractivity contribution is 5.94. The first-order valence-corrected chi connectivity index (χ1v) is 5.54. The first kappa shape index (κ1) is 12.0. The third-order valence-electron chi connectivity index (χ3n) is 2.48. The van der Waals surface area contributed by atoms with E-state index in [1.54, 1.807) is 12.3 Å². The van der Waals surface area contributed by atoms with Crippen molar-refractivity contribution in [3.05, 3.63) is 53.6 Å². The number of nitrogens with zero attached hydrogens (tertiary/aromatic N) is 3. The van der Waals surface area contributed by atoms with Crippen molar-refractivity contribution in [3.8, 4) is 0 Å². The fourth-order valence-electron chi connectivity index (χ4n) is 1.50. The van der Waals surface area contributed by atoms with E-state index in [1.165, 1.54) is 6.21 Å². The van der Waals surface area contributed by atoms with Crippen molar-refractivity contribution in [1.29, 1.82) is 0 Å². The molecule has 0 radical (unpaired) electrons. The molecule has 0 bridgehead atoms. The van der Waals surface area contributed by atoms with Crippen LogP contribution in [0, 0.1) is 6.92 Å². The van der Waals surface area contributed by atoms with Crippen molar-refractivity contribution in [2.75, 3.05) is 0 Å². The molecule has 1 aromatic carbocycles. The highest BCUT2D eigenvalue weighted by atomic mass is 16.2. The number of benzene rings is 1. The molecule has 2 rings (SSSR count). The van der Waals surface area contributed by atoms with Gasteiger partial charge in [0, 0.05) is 25.0 Å². The van der Waals surface area contributed by atoms with E-state index in [1.807, 2.05) is 42.9 Å². The molecule has 0 unspecified atom stereocenters. The molecule has 0 spiro atoms. The van der Waals surface area contributed by atoms with E-state index in [-0.39, 0.29) is 5.91 Å². The Bertz CT molecular complexity index is 586. The van der Waals surface area contributed by atoms with Crippen LogP contribution in [0.25, 0.3) is 0 Å². The summed E-state index contributed by atoms with van der Waals surface area (Å²) in [7, 11) is 1.86. The fourth-order valence-corrected chi connectivity index (χ4v) is 1.50. The molecule has 1 N–H and O–H groups in total. The Labute approximate surface area is 105 Å². The van der Waals surface area contributed by atoms with Crippen LogP contribution in [0.4, 0.5) is 0 Å². The molecule has 5 nitrogen and oxygen atoms in total. The Morgan fingerprint density at radius 1 is 1.50 bits per heavy atom. The van der Waals surface area contributed by atoms with E-state index >= 15 is 0 Å². The predicted octanol–water partition coefficient (Wildman–Crippen LogP) is 1.49. The number of aryl methyl sites for hydroxylation is 2. The summed E-state index contributed by atoms with van der Waals surface area (Å²) in [5.41, 5.74) is 4.10. The van der Waals surface area contributed by atoms with E-state index < -0.39 is 0 Å². The maximum Gasteiger partial charge on any atom is 0.271 e. The first-order chi connectivity index (χ1) is 8.66. The number of hydrogen-bond acceptors (Lipinski definition) is 3. The Balaban J connectivity index is 2.01. The summed E-state index contributed by atoms with van der Waals surface area (Å²) in [5, 5.41) is 3.87. The summed E-state index contributed by atoms with van der Waals surface area (Å²) in [5.74, 6) is 0.448. The number of hydrazone groups is 1. The number of carbonyl (C=O) groups is 1. The minimum Gasteiger partial charge on any atom is -0.333 e. The second-order valence-corrected chi connectivity index (χ2v) is 3.96. The second-order valence-electron chi connectivity index (χ2n) is 3.96. The van der Waals surface area contributed by atoms with Gasteiger partial charge in [-0.1, -0.05) is 17.7 Å². The van der Waals surface area contributed by atoms with Gasteiger partial charge in [-0.25, -0.2) is 10.4 Å². The standard InChI is InChI=1S/C13H14N4O/c1-10-4-3-5-11(8-10)13(18)16-15-9-12-14-6-7-17(12)2/h3-9H,1-2H3,(H,16,18)/b15-9+. The lowest BCUT2D eigenvalue weighted by molar-refractivity contribution is 0.0955. The van der Waals surface area contributed by atoms with Crippen LogP contribution in [0.1, 0.15) is 21.7 Å². The average Bonchev–Trinajstić information content (AvgIpc) is 2.75. The minimum atomic E-state index is -0.232. The molecule has 0 aliphatic heterocycles. The van der Waals surface area contributed by atoms with Crippen LogP contribution in [-0.4, -0.2) is 21.7 Å². The molecule has 0 atom stereocenters. The Morgan fingerprint density at radius 2 is 2.33 bits per heavy atom. The molecule has 0 aliphatic carbocycles. The van der Waals surface area contributed by atoms with Crippen molar-refractivity contribution in [2.24, 2.45) is 12.1 Å². The van der Waals surface area contributed by atoms with Gasteiger partial charge in [0.25, 0.3) is 5.91 Å². The summed E-state index contributed by atoms with van der Waals surface area (Å²) in [6, 6.07) is 7.34. The number of carbonyl (C=O) groups excluding carboxylic acids is 1. The molecule has 18 heavy (non-hydrogen) atoms. The lowest BCUT2D eigenvalue weighted by Crippen LogP contribution is -2.18. The maximum atomic E-state index is 11.8. The van der Waals surface area contributed by atoms with Crippen LogP contribution in [0.2, 0.25) is 0 Å². The molecule has 0 fully saturated rings. The summed E-state index contributed by atoms with van der Waals surface area (Å²) in [6.45, 7) is 1.94. The van der Waals surface area contributed by atoms with Gasteiger partial charge in [-0.3, -0.25) is 4.79 Å². The Morgan fingerprint density at radius 3 is 3.00 bits per heavy atom. The van der Waals surface area contributed by atoms with Crippen LogP contribution in [0.3, 0.4) is 0 Å². The molecular formula is C13H14N4O. The zero-order chi connectivity index (χ0) is 13.0. The zero-order valence-electron chi connectivity index (χ0n) is 10.3. The zero-order valence-corrected chi connectivity index (χ0v) is 10.3. The van der Waals surface area contributed by atoms with E-state index in [4.69, 9.17) is 0 Å². The lowest BCUT2D eigenvalue weighted by Gasteiger charge is -2.00. The monoisotopic (exact) mass is 242 g/mol. The number of rotatable bonds is 3. The summed E-state index contributed by atoms with van der Waals surface area (Å²) >= 11 is 0. The topological polar surface area (TPSA) is 59.3 Å². The van der Waals surface area contributed by atoms with Crippen molar-refractivity contribution < 1.29 is 4.79 Å². The number of aromatic nitrogens is 2. The number of nitrogens with one attached hydrogen (secondary N) is 1. The SMILES string of the molecule is Cc1cccc(C(=O)N/N=C/c2nccn2C)c1. The third-order valence-corrected chi connectivity index (χ3v) is 2.48. The number of amides is 1. The van der Waals surface area contributed by atoms with Gasteiger partial charge >= 0.3 is 0 Å². The van der Waals surface area contributed by atoms with Gasteiger partial charge in [0.2, 0.25) is 0 Å². The van der Waals surface area contributed by atoms with Crippen molar-refractivity contribution >= 4 is 12.1 Å². The van der Waals surface area contributed by atoms with Gasteiger partial charge in [-0.15, -0.1) is 0 Å². The molecule has 1 amide bonds. The highest BCUT2D eigenvalue weighted by Crippen LogP contribution is 2.03. The van der Waals surface area contributed by atoms with Crippen molar-refractivity contribution in [1.82, 2.24) is 15.0 Å². The predicted molar refractivity (Wildman–Crippen MR) is 69.4 cm³/mol. The molecule has 2 aromatic rings. The van der Waals surface area contributed by atoms with Gasteiger partial charge in [-0.2, -0.15) is 5.10 Å². The lowest BCUT2D eigenvalue weighted by atomic mass is 10.1. The first-order valence-electron chi connectivity index (χ1n) is 5.54. The average molecular weight is 242 g/mol. The second kappa shape index (κ2) is 5.27. The molecule has 1 aromatic heterocycles. The van der Waals surface area contributed by atoms with Crippen LogP contribution in [0.5, 0.6) is 0 Å². The van der Waals surface area contributed by atoms with Gasteiger partial charge < -0.3 is 4.57 Å². The summed E-state index contributed by atoms with van der Waals surface area (Å²) < 4.78 is 1.81. The van der Waals surface area contributed by atoms with E-state index in [2.05, 4.69) is 15.5 Å².